The second kappa shape index (κ2) is 6.31. The van der Waals surface area contributed by atoms with Gasteiger partial charge in [0, 0.05) is 12.2 Å². The standard InChI is InChI=1S/C17H17NO3/c19-17(21-11-13-4-2-1-3-5-13)12-20-15-6-7-16-14(10-15)8-9-18-16/h1-7,10,18H,8-9,11-12H2. The number of benzene rings is 2. The molecule has 1 aliphatic heterocycles. The lowest BCUT2D eigenvalue weighted by molar-refractivity contribution is -0.147. The summed E-state index contributed by atoms with van der Waals surface area (Å²) in [5, 5.41) is 3.28. The highest BCUT2D eigenvalue weighted by Crippen LogP contribution is 2.26. The van der Waals surface area contributed by atoms with E-state index in [0.29, 0.717) is 5.75 Å². The fourth-order valence-corrected chi connectivity index (χ4v) is 2.29. The Bertz CT molecular complexity index is 625. The van der Waals surface area contributed by atoms with Crippen molar-refractivity contribution in [3.05, 3.63) is 59.7 Å². The smallest absolute Gasteiger partial charge is 0.344 e. The average Bonchev–Trinajstić information content (AvgIpc) is 2.99. The van der Waals surface area contributed by atoms with Crippen LogP contribution in [0.5, 0.6) is 5.75 Å². The molecule has 0 spiro atoms. The first-order valence-corrected chi connectivity index (χ1v) is 7.00. The zero-order chi connectivity index (χ0) is 14.5. The first kappa shape index (κ1) is 13.5. The molecule has 0 aromatic heterocycles. The van der Waals surface area contributed by atoms with Crippen LogP contribution < -0.4 is 10.1 Å². The topological polar surface area (TPSA) is 47.6 Å². The quantitative estimate of drug-likeness (QED) is 0.857. The van der Waals surface area contributed by atoms with Crippen LogP contribution in [0.15, 0.2) is 48.5 Å². The number of carbonyl (C=O) groups is 1. The van der Waals surface area contributed by atoms with Crippen LogP contribution in [0.4, 0.5) is 5.69 Å². The second-order valence-electron chi connectivity index (χ2n) is 4.93. The minimum absolute atomic E-state index is 0.0704. The average molecular weight is 283 g/mol. The number of rotatable bonds is 5. The number of fused-ring (bicyclic) bond motifs is 1. The van der Waals surface area contributed by atoms with Gasteiger partial charge in [-0.15, -0.1) is 0 Å². The number of anilines is 1. The molecular weight excluding hydrogens is 266 g/mol. The Balaban J connectivity index is 1.47. The molecule has 0 aliphatic carbocycles. The van der Waals surface area contributed by atoms with E-state index in [-0.39, 0.29) is 19.2 Å². The predicted octanol–water partition coefficient (Wildman–Crippen LogP) is 2.78. The van der Waals surface area contributed by atoms with Crippen LogP contribution in [0.2, 0.25) is 0 Å². The summed E-state index contributed by atoms with van der Waals surface area (Å²) in [5.74, 6) is 0.339. The Labute approximate surface area is 123 Å². The molecule has 2 aromatic rings. The number of hydrogen-bond acceptors (Lipinski definition) is 4. The van der Waals surface area contributed by atoms with Crippen LogP contribution >= 0.6 is 0 Å². The van der Waals surface area contributed by atoms with Gasteiger partial charge in [0.1, 0.15) is 12.4 Å². The number of nitrogens with one attached hydrogen (secondary N) is 1. The van der Waals surface area contributed by atoms with E-state index in [0.717, 1.165) is 24.2 Å². The highest BCUT2D eigenvalue weighted by Gasteiger charge is 2.11. The van der Waals surface area contributed by atoms with Crippen molar-refractivity contribution in [1.29, 1.82) is 0 Å². The molecular formula is C17H17NO3. The molecule has 1 aliphatic rings. The lowest BCUT2D eigenvalue weighted by Gasteiger charge is -2.08. The van der Waals surface area contributed by atoms with E-state index < -0.39 is 0 Å². The maximum atomic E-state index is 11.7. The summed E-state index contributed by atoms with van der Waals surface area (Å²) in [6.45, 7) is 1.16. The number of hydrogen-bond donors (Lipinski definition) is 1. The minimum atomic E-state index is -0.363. The SMILES string of the molecule is O=C(COc1ccc2c(c1)CCN2)OCc1ccccc1. The molecule has 4 heteroatoms. The molecule has 0 radical (unpaired) electrons. The van der Waals surface area contributed by atoms with Gasteiger partial charge in [-0.2, -0.15) is 0 Å². The van der Waals surface area contributed by atoms with Crippen molar-refractivity contribution in [2.75, 3.05) is 18.5 Å². The summed E-state index contributed by atoms with van der Waals surface area (Å²) in [5.41, 5.74) is 3.34. The summed E-state index contributed by atoms with van der Waals surface area (Å²) in [7, 11) is 0. The van der Waals surface area contributed by atoms with Gasteiger partial charge >= 0.3 is 5.97 Å². The maximum absolute atomic E-state index is 11.7. The third kappa shape index (κ3) is 3.54. The Morgan fingerprint density at radius 2 is 2.00 bits per heavy atom. The summed E-state index contributed by atoms with van der Waals surface area (Å²) in [6.07, 6.45) is 0.991. The van der Waals surface area contributed by atoms with E-state index in [1.54, 1.807) is 0 Å². The monoisotopic (exact) mass is 283 g/mol. The molecule has 0 unspecified atom stereocenters. The van der Waals surface area contributed by atoms with Gasteiger partial charge in [-0.3, -0.25) is 0 Å². The van der Waals surface area contributed by atoms with Gasteiger partial charge in [0.15, 0.2) is 6.61 Å². The molecule has 0 saturated carbocycles. The van der Waals surface area contributed by atoms with E-state index in [1.807, 2.05) is 48.5 Å². The molecule has 0 amide bonds. The molecule has 108 valence electrons. The minimum Gasteiger partial charge on any atom is -0.482 e. The Morgan fingerprint density at radius 3 is 2.86 bits per heavy atom. The van der Waals surface area contributed by atoms with E-state index in [2.05, 4.69) is 5.32 Å². The van der Waals surface area contributed by atoms with Crippen molar-refractivity contribution in [3.63, 3.8) is 0 Å². The van der Waals surface area contributed by atoms with E-state index in [9.17, 15) is 4.79 Å². The van der Waals surface area contributed by atoms with Gasteiger partial charge in [-0.25, -0.2) is 4.79 Å². The summed E-state index contributed by atoms with van der Waals surface area (Å²) in [4.78, 5) is 11.7. The lowest BCUT2D eigenvalue weighted by atomic mass is 10.1. The van der Waals surface area contributed by atoms with Gasteiger partial charge < -0.3 is 14.8 Å². The van der Waals surface area contributed by atoms with E-state index in [4.69, 9.17) is 9.47 Å². The molecule has 1 N–H and O–H groups in total. The van der Waals surface area contributed by atoms with Crippen LogP contribution in [0.25, 0.3) is 0 Å². The molecule has 0 saturated heterocycles. The van der Waals surface area contributed by atoms with Crippen LogP contribution in [0.1, 0.15) is 11.1 Å². The fraction of sp³-hybridized carbons (Fsp3) is 0.235. The fourth-order valence-electron chi connectivity index (χ4n) is 2.29. The second-order valence-corrected chi connectivity index (χ2v) is 4.93. The Hall–Kier alpha value is -2.49. The lowest BCUT2D eigenvalue weighted by Crippen LogP contribution is -2.14. The van der Waals surface area contributed by atoms with Gasteiger partial charge in [0.2, 0.25) is 0 Å². The molecule has 21 heavy (non-hydrogen) atoms. The number of ether oxygens (including phenoxy) is 2. The number of esters is 1. The van der Waals surface area contributed by atoms with Gasteiger partial charge in [0.05, 0.1) is 0 Å². The summed E-state index contributed by atoms with van der Waals surface area (Å²) in [6, 6.07) is 15.4. The molecule has 1 heterocycles. The van der Waals surface area contributed by atoms with E-state index >= 15 is 0 Å². The van der Waals surface area contributed by atoms with Gasteiger partial charge in [-0.1, -0.05) is 30.3 Å². The van der Waals surface area contributed by atoms with Gasteiger partial charge in [0.25, 0.3) is 0 Å². The molecule has 4 nitrogen and oxygen atoms in total. The van der Waals surface area contributed by atoms with Crippen LogP contribution in [-0.2, 0) is 22.6 Å². The highest BCUT2D eigenvalue weighted by molar-refractivity contribution is 5.71. The molecule has 0 bridgehead atoms. The molecule has 3 rings (SSSR count). The Kier molecular flexibility index (Phi) is 4.05. The third-order valence-electron chi connectivity index (χ3n) is 3.39. The van der Waals surface area contributed by atoms with Crippen molar-refractivity contribution < 1.29 is 14.3 Å². The van der Waals surface area contributed by atoms with Crippen molar-refractivity contribution in [2.45, 2.75) is 13.0 Å². The molecule has 0 fully saturated rings. The predicted molar refractivity (Wildman–Crippen MR) is 80.4 cm³/mol. The largest absolute Gasteiger partial charge is 0.482 e. The van der Waals surface area contributed by atoms with Crippen LogP contribution in [0.3, 0.4) is 0 Å². The van der Waals surface area contributed by atoms with Crippen LogP contribution in [0, 0.1) is 0 Å². The maximum Gasteiger partial charge on any atom is 0.344 e. The number of carbonyl (C=O) groups excluding carboxylic acids is 1. The van der Waals surface area contributed by atoms with Crippen molar-refractivity contribution in [1.82, 2.24) is 0 Å². The zero-order valence-corrected chi connectivity index (χ0v) is 11.7. The Morgan fingerprint density at radius 1 is 1.14 bits per heavy atom. The third-order valence-corrected chi connectivity index (χ3v) is 3.39. The molecule has 0 atom stereocenters. The normalized spacial score (nSPS) is 12.4. The van der Waals surface area contributed by atoms with Gasteiger partial charge in [-0.05, 0) is 35.7 Å². The first-order valence-electron chi connectivity index (χ1n) is 7.00. The zero-order valence-electron chi connectivity index (χ0n) is 11.7. The van der Waals surface area contributed by atoms with Crippen molar-refractivity contribution >= 4 is 11.7 Å². The first-order chi connectivity index (χ1) is 10.3. The summed E-state index contributed by atoms with van der Waals surface area (Å²) < 4.78 is 10.6. The highest BCUT2D eigenvalue weighted by atomic mass is 16.6. The van der Waals surface area contributed by atoms with E-state index in [1.165, 1.54) is 5.56 Å². The van der Waals surface area contributed by atoms with Crippen LogP contribution in [-0.4, -0.2) is 19.1 Å². The van der Waals surface area contributed by atoms with Crippen molar-refractivity contribution in [3.8, 4) is 5.75 Å². The van der Waals surface area contributed by atoms with Crippen molar-refractivity contribution in [2.24, 2.45) is 0 Å². The molecule has 2 aromatic carbocycles. The summed E-state index contributed by atoms with van der Waals surface area (Å²) >= 11 is 0.